The predicted molar refractivity (Wildman–Crippen MR) is 102 cm³/mol. The van der Waals surface area contributed by atoms with E-state index in [4.69, 9.17) is 9.15 Å². The van der Waals surface area contributed by atoms with Crippen molar-refractivity contribution in [1.29, 1.82) is 0 Å². The van der Waals surface area contributed by atoms with Crippen molar-refractivity contribution in [2.45, 2.75) is 6.92 Å². The number of hydrogen-bond donors (Lipinski definition) is 1. The number of phenolic OH excluding ortho intramolecular Hbond substituents is 1. The number of benzene rings is 3. The summed E-state index contributed by atoms with van der Waals surface area (Å²) in [6.07, 6.45) is 0. The zero-order valence-corrected chi connectivity index (χ0v) is 14.6. The molecule has 1 aliphatic heterocycles. The quantitative estimate of drug-likeness (QED) is 0.431. The Hall–Kier alpha value is -3.60. The van der Waals surface area contributed by atoms with Crippen LogP contribution in [0.2, 0.25) is 0 Å². The molecule has 0 bridgehead atoms. The molecule has 0 spiro atoms. The zero-order chi connectivity index (χ0) is 19.0. The van der Waals surface area contributed by atoms with Crippen molar-refractivity contribution in [3.63, 3.8) is 0 Å². The van der Waals surface area contributed by atoms with Gasteiger partial charge in [0.05, 0.1) is 12.2 Å². The normalized spacial score (nSPS) is 11.0. The number of rotatable bonds is 3. The van der Waals surface area contributed by atoms with E-state index >= 15 is 0 Å². The van der Waals surface area contributed by atoms with Crippen molar-refractivity contribution in [3.05, 3.63) is 76.5 Å². The lowest BCUT2D eigenvalue weighted by atomic mass is 9.93. The van der Waals surface area contributed by atoms with Crippen LogP contribution in [-0.2, 0) is 4.74 Å². The van der Waals surface area contributed by atoms with Gasteiger partial charge in [-0.05, 0) is 48.9 Å². The fourth-order valence-electron chi connectivity index (χ4n) is 3.16. The smallest absolute Gasteiger partial charge is 0.338 e. The first-order valence-electron chi connectivity index (χ1n) is 8.54. The topological polar surface area (TPSA) is 76.7 Å². The van der Waals surface area contributed by atoms with E-state index in [1.165, 1.54) is 18.2 Å². The van der Waals surface area contributed by atoms with Gasteiger partial charge in [-0.1, -0.05) is 12.1 Å². The second kappa shape index (κ2) is 6.61. The van der Waals surface area contributed by atoms with E-state index in [9.17, 15) is 14.7 Å². The SMILES string of the molecule is CCOC(=O)c1ccc(-c2c3ccc(=O)cc-3oc3cc(O)ccc23)cc1. The minimum absolute atomic E-state index is 0.0764. The summed E-state index contributed by atoms with van der Waals surface area (Å²) >= 11 is 0. The maximum Gasteiger partial charge on any atom is 0.338 e. The number of phenols is 1. The molecule has 2 aromatic rings. The van der Waals surface area contributed by atoms with Gasteiger partial charge < -0.3 is 14.3 Å². The highest BCUT2D eigenvalue weighted by Gasteiger charge is 2.18. The molecule has 0 saturated heterocycles. The summed E-state index contributed by atoms with van der Waals surface area (Å²) in [6.45, 7) is 2.08. The van der Waals surface area contributed by atoms with E-state index < -0.39 is 0 Å². The molecular formula is C22H16O5. The lowest BCUT2D eigenvalue weighted by Gasteiger charge is -2.15. The maximum absolute atomic E-state index is 11.9. The largest absolute Gasteiger partial charge is 0.508 e. The molecule has 0 unspecified atom stereocenters. The highest BCUT2D eigenvalue weighted by Crippen LogP contribution is 2.40. The molecule has 4 rings (SSSR count). The van der Waals surface area contributed by atoms with E-state index in [0.29, 0.717) is 23.5 Å². The Morgan fingerprint density at radius 2 is 1.81 bits per heavy atom. The van der Waals surface area contributed by atoms with Gasteiger partial charge in [0.1, 0.15) is 17.1 Å². The summed E-state index contributed by atoms with van der Waals surface area (Å²) in [6, 6.07) is 16.6. The zero-order valence-electron chi connectivity index (χ0n) is 14.6. The van der Waals surface area contributed by atoms with Crippen molar-refractivity contribution < 1.29 is 19.1 Å². The number of carbonyl (C=O) groups is 1. The summed E-state index contributed by atoms with van der Waals surface area (Å²) < 4.78 is 10.9. The van der Waals surface area contributed by atoms with Crippen LogP contribution < -0.4 is 5.43 Å². The molecule has 0 fully saturated rings. The van der Waals surface area contributed by atoms with Gasteiger partial charge in [-0.3, -0.25) is 4.79 Å². The molecule has 27 heavy (non-hydrogen) atoms. The monoisotopic (exact) mass is 360 g/mol. The first kappa shape index (κ1) is 16.8. The molecule has 0 saturated carbocycles. The Balaban J connectivity index is 1.96. The Bertz CT molecular complexity index is 1170. The molecule has 1 N–H and O–H groups in total. The van der Waals surface area contributed by atoms with Gasteiger partial charge in [-0.15, -0.1) is 0 Å². The van der Waals surface area contributed by atoms with Gasteiger partial charge in [-0.25, -0.2) is 4.79 Å². The van der Waals surface area contributed by atoms with Crippen LogP contribution >= 0.6 is 0 Å². The lowest BCUT2D eigenvalue weighted by molar-refractivity contribution is 0.0526. The summed E-state index contributed by atoms with van der Waals surface area (Å²) in [4.78, 5) is 23.6. The molecule has 1 heterocycles. The number of aromatic hydroxyl groups is 1. The van der Waals surface area contributed by atoms with Gasteiger partial charge >= 0.3 is 5.97 Å². The third kappa shape index (κ3) is 3.04. The fourth-order valence-corrected chi connectivity index (χ4v) is 3.16. The van der Waals surface area contributed by atoms with E-state index in [1.54, 1.807) is 37.3 Å². The van der Waals surface area contributed by atoms with E-state index in [0.717, 1.165) is 22.1 Å². The molecule has 1 aliphatic carbocycles. The van der Waals surface area contributed by atoms with Gasteiger partial charge in [0.25, 0.3) is 0 Å². The lowest BCUT2D eigenvalue weighted by Crippen LogP contribution is -2.04. The minimum atomic E-state index is -0.372. The Kier molecular flexibility index (Phi) is 4.12. The first-order chi connectivity index (χ1) is 13.1. The molecule has 2 aromatic carbocycles. The molecule has 0 aromatic heterocycles. The third-order valence-electron chi connectivity index (χ3n) is 4.36. The highest BCUT2D eigenvalue weighted by molar-refractivity contribution is 6.02. The number of carbonyl (C=O) groups excluding carboxylic acids is 1. The van der Waals surface area contributed by atoms with Gasteiger partial charge in [0.2, 0.25) is 0 Å². The average Bonchev–Trinajstić information content (AvgIpc) is 2.66. The molecule has 2 aliphatic rings. The Labute approximate surface area is 154 Å². The van der Waals surface area contributed by atoms with Crippen LogP contribution in [0.15, 0.2) is 69.9 Å². The van der Waals surface area contributed by atoms with Crippen molar-refractivity contribution in [3.8, 4) is 28.2 Å². The molecular weight excluding hydrogens is 344 g/mol. The standard InChI is InChI=1S/C22H16O5/c1-2-26-22(25)14-5-3-13(4-6-14)21-17-9-7-15(23)11-19(17)27-20-12-16(24)8-10-18(20)21/h3-12,23H,2H2,1H3. The van der Waals surface area contributed by atoms with Crippen LogP contribution in [0.5, 0.6) is 5.75 Å². The van der Waals surface area contributed by atoms with Crippen molar-refractivity contribution >= 4 is 16.9 Å². The summed E-state index contributed by atoms with van der Waals surface area (Å²) in [5.74, 6) is 0.139. The molecule has 5 heteroatoms. The molecule has 0 radical (unpaired) electrons. The Morgan fingerprint density at radius 3 is 2.56 bits per heavy atom. The summed E-state index contributed by atoms with van der Waals surface area (Å²) in [5, 5.41) is 10.6. The van der Waals surface area contributed by atoms with Crippen LogP contribution in [0.25, 0.3) is 33.4 Å². The minimum Gasteiger partial charge on any atom is -0.508 e. The average molecular weight is 360 g/mol. The number of fused-ring (bicyclic) bond motifs is 2. The van der Waals surface area contributed by atoms with Gasteiger partial charge in [-0.2, -0.15) is 0 Å². The fraction of sp³-hybridized carbons (Fsp3) is 0.0909. The number of esters is 1. The van der Waals surface area contributed by atoms with Crippen LogP contribution in [0.3, 0.4) is 0 Å². The summed E-state index contributed by atoms with van der Waals surface area (Å²) in [7, 11) is 0. The molecule has 0 amide bonds. The van der Waals surface area contributed by atoms with Gasteiger partial charge in [0.15, 0.2) is 5.43 Å². The second-order valence-electron chi connectivity index (χ2n) is 6.11. The van der Waals surface area contributed by atoms with Crippen molar-refractivity contribution in [1.82, 2.24) is 0 Å². The van der Waals surface area contributed by atoms with Crippen LogP contribution in [0.1, 0.15) is 17.3 Å². The van der Waals surface area contributed by atoms with Crippen LogP contribution in [-0.4, -0.2) is 17.7 Å². The maximum atomic E-state index is 11.9. The number of ether oxygens (including phenoxy) is 1. The molecule has 134 valence electrons. The first-order valence-corrected chi connectivity index (χ1v) is 8.54. The highest BCUT2D eigenvalue weighted by atomic mass is 16.5. The van der Waals surface area contributed by atoms with Gasteiger partial charge in [0, 0.05) is 28.6 Å². The van der Waals surface area contributed by atoms with Crippen LogP contribution in [0.4, 0.5) is 0 Å². The second-order valence-corrected chi connectivity index (χ2v) is 6.11. The Morgan fingerprint density at radius 1 is 1.04 bits per heavy atom. The van der Waals surface area contributed by atoms with Crippen molar-refractivity contribution in [2.75, 3.05) is 6.61 Å². The van der Waals surface area contributed by atoms with Crippen LogP contribution in [0, 0.1) is 0 Å². The van der Waals surface area contributed by atoms with E-state index in [1.807, 2.05) is 12.1 Å². The molecule has 0 atom stereocenters. The van der Waals surface area contributed by atoms with E-state index in [2.05, 4.69) is 0 Å². The third-order valence-corrected chi connectivity index (χ3v) is 4.36. The molecule has 5 nitrogen and oxygen atoms in total. The van der Waals surface area contributed by atoms with E-state index in [-0.39, 0.29) is 17.1 Å². The number of hydrogen-bond acceptors (Lipinski definition) is 5. The van der Waals surface area contributed by atoms with Crippen molar-refractivity contribution in [2.24, 2.45) is 0 Å². The predicted octanol–water partition coefficient (Wildman–Crippen LogP) is 4.45. The summed E-state index contributed by atoms with van der Waals surface area (Å²) in [5.41, 5.74) is 3.28.